The van der Waals surface area contributed by atoms with Crippen molar-refractivity contribution in [1.29, 1.82) is 0 Å². The normalized spacial score (nSPS) is 11.5. The van der Waals surface area contributed by atoms with E-state index in [1.807, 2.05) is 0 Å². The van der Waals surface area contributed by atoms with Crippen LogP contribution < -0.4 is 4.74 Å². The maximum atomic E-state index is 13.8. The zero-order valence-corrected chi connectivity index (χ0v) is 11.5. The van der Waals surface area contributed by atoms with Gasteiger partial charge < -0.3 is 15.1 Å². The zero-order chi connectivity index (χ0) is 15.6. The Balaban J connectivity index is 2.63. The topological polar surface area (TPSA) is 62.0 Å². The number of hydrogen-bond acceptors (Lipinski definition) is 4. The zero-order valence-electron chi connectivity index (χ0n) is 10.8. The van der Waals surface area contributed by atoms with Crippen molar-refractivity contribution in [3.63, 3.8) is 0 Å². The summed E-state index contributed by atoms with van der Waals surface area (Å²) < 4.78 is 31.9. The fourth-order valence-electron chi connectivity index (χ4n) is 1.83. The van der Waals surface area contributed by atoms with Crippen LogP contribution >= 0.6 is 11.6 Å². The van der Waals surface area contributed by atoms with Gasteiger partial charge >= 0.3 is 0 Å². The molecule has 0 saturated carbocycles. The van der Waals surface area contributed by atoms with Gasteiger partial charge in [-0.25, -0.2) is 8.78 Å². The standard InChI is InChI=1S/C14H10ClF2NO3/c1-21-11-5-3-8(14(19)12(11)15)13(18-20)9-6-7(16)2-4-10(9)17/h2-6,19-20H,1H3/b18-13-. The van der Waals surface area contributed by atoms with Crippen LogP contribution in [0.5, 0.6) is 11.5 Å². The Morgan fingerprint density at radius 3 is 2.52 bits per heavy atom. The van der Waals surface area contributed by atoms with E-state index < -0.39 is 17.4 Å². The molecule has 0 bridgehead atoms. The van der Waals surface area contributed by atoms with Crippen molar-refractivity contribution >= 4 is 17.3 Å². The molecule has 0 unspecified atom stereocenters. The number of halogens is 3. The van der Waals surface area contributed by atoms with Gasteiger partial charge in [0, 0.05) is 11.1 Å². The van der Waals surface area contributed by atoms with Crippen LogP contribution in [0, 0.1) is 11.6 Å². The van der Waals surface area contributed by atoms with Crippen molar-refractivity contribution in [2.75, 3.05) is 7.11 Å². The predicted molar refractivity (Wildman–Crippen MR) is 73.5 cm³/mol. The van der Waals surface area contributed by atoms with Crippen LogP contribution in [-0.4, -0.2) is 23.1 Å². The summed E-state index contributed by atoms with van der Waals surface area (Å²) in [6.45, 7) is 0. The summed E-state index contributed by atoms with van der Waals surface area (Å²) in [7, 11) is 1.35. The van der Waals surface area contributed by atoms with Crippen LogP contribution in [0.25, 0.3) is 0 Å². The quantitative estimate of drug-likeness (QED) is 0.517. The molecule has 0 heterocycles. The smallest absolute Gasteiger partial charge is 0.147 e. The number of benzene rings is 2. The molecule has 2 aromatic rings. The number of oxime groups is 1. The fraction of sp³-hybridized carbons (Fsp3) is 0.0714. The Morgan fingerprint density at radius 1 is 1.19 bits per heavy atom. The molecule has 0 aliphatic rings. The predicted octanol–water partition coefficient (Wildman–Crippen LogP) is 3.56. The van der Waals surface area contributed by atoms with E-state index >= 15 is 0 Å². The number of hydrogen-bond donors (Lipinski definition) is 2. The minimum absolute atomic E-state index is 0.0622. The molecule has 2 rings (SSSR count). The average molecular weight is 314 g/mol. The van der Waals surface area contributed by atoms with Crippen molar-refractivity contribution in [2.45, 2.75) is 0 Å². The highest BCUT2D eigenvalue weighted by Gasteiger charge is 2.20. The van der Waals surface area contributed by atoms with Crippen LogP contribution in [0.4, 0.5) is 8.78 Å². The van der Waals surface area contributed by atoms with Gasteiger partial charge in [0.05, 0.1) is 7.11 Å². The summed E-state index contributed by atoms with van der Waals surface area (Å²) in [6, 6.07) is 5.38. The van der Waals surface area contributed by atoms with Crippen molar-refractivity contribution < 1.29 is 23.8 Å². The number of ether oxygens (including phenoxy) is 1. The Kier molecular flexibility index (Phi) is 4.28. The minimum atomic E-state index is -0.810. The lowest BCUT2D eigenvalue weighted by Crippen LogP contribution is -2.07. The van der Waals surface area contributed by atoms with Crippen molar-refractivity contribution in [3.8, 4) is 11.5 Å². The van der Waals surface area contributed by atoms with Gasteiger partial charge in [0.1, 0.15) is 33.9 Å². The summed E-state index contributed by atoms with van der Waals surface area (Å²) in [5.74, 6) is -1.80. The molecule has 0 saturated heterocycles. The summed E-state index contributed by atoms with van der Waals surface area (Å²) in [5, 5.41) is 21.9. The summed E-state index contributed by atoms with van der Waals surface area (Å²) in [4.78, 5) is 0. The number of methoxy groups -OCH3 is 1. The van der Waals surface area contributed by atoms with Gasteiger partial charge in [-0.2, -0.15) is 0 Å². The fourth-order valence-corrected chi connectivity index (χ4v) is 2.07. The number of phenolic OH excluding ortho intramolecular Hbond substituents is 1. The Morgan fingerprint density at radius 2 is 1.90 bits per heavy atom. The van der Waals surface area contributed by atoms with E-state index in [9.17, 15) is 13.9 Å². The molecule has 0 aromatic heterocycles. The van der Waals surface area contributed by atoms with E-state index in [0.717, 1.165) is 18.2 Å². The first kappa shape index (κ1) is 15.1. The summed E-state index contributed by atoms with van der Waals surface area (Å²) >= 11 is 5.88. The van der Waals surface area contributed by atoms with Crippen LogP contribution in [0.15, 0.2) is 35.5 Å². The van der Waals surface area contributed by atoms with Crippen LogP contribution in [-0.2, 0) is 0 Å². The average Bonchev–Trinajstić information content (AvgIpc) is 2.48. The largest absolute Gasteiger partial charge is 0.506 e. The van der Waals surface area contributed by atoms with Crippen LogP contribution in [0.3, 0.4) is 0 Å². The van der Waals surface area contributed by atoms with Crippen molar-refractivity contribution in [3.05, 3.63) is 58.1 Å². The van der Waals surface area contributed by atoms with Gasteiger partial charge in [0.2, 0.25) is 0 Å². The molecular weight excluding hydrogens is 304 g/mol. The number of phenols is 1. The van der Waals surface area contributed by atoms with E-state index in [2.05, 4.69) is 5.16 Å². The lowest BCUT2D eigenvalue weighted by molar-refractivity contribution is 0.319. The molecule has 0 aliphatic heterocycles. The molecule has 0 amide bonds. The third kappa shape index (κ3) is 2.75. The summed E-state index contributed by atoms with van der Waals surface area (Å²) in [6.07, 6.45) is 0. The maximum absolute atomic E-state index is 13.8. The Labute approximate surface area is 123 Å². The SMILES string of the molecule is COc1ccc(/C(=N/O)c2cc(F)ccc2F)c(O)c1Cl. The maximum Gasteiger partial charge on any atom is 0.147 e. The first-order valence-corrected chi connectivity index (χ1v) is 6.10. The molecule has 0 radical (unpaired) electrons. The molecule has 4 nitrogen and oxygen atoms in total. The number of aromatic hydroxyl groups is 1. The van der Waals surface area contributed by atoms with Crippen molar-refractivity contribution in [1.82, 2.24) is 0 Å². The Bertz CT molecular complexity index is 720. The second kappa shape index (κ2) is 5.97. The van der Waals surface area contributed by atoms with E-state index in [1.54, 1.807) is 0 Å². The van der Waals surface area contributed by atoms with Gasteiger partial charge in [0.15, 0.2) is 0 Å². The minimum Gasteiger partial charge on any atom is -0.506 e. The number of rotatable bonds is 3. The monoisotopic (exact) mass is 313 g/mol. The van der Waals surface area contributed by atoms with Gasteiger partial charge in [-0.15, -0.1) is 0 Å². The highest BCUT2D eigenvalue weighted by Crippen LogP contribution is 2.37. The van der Waals surface area contributed by atoms with E-state index in [1.165, 1.54) is 19.2 Å². The molecule has 2 N–H and O–H groups in total. The first-order chi connectivity index (χ1) is 9.99. The van der Waals surface area contributed by atoms with Gasteiger partial charge in [-0.1, -0.05) is 16.8 Å². The molecule has 7 heteroatoms. The molecule has 0 spiro atoms. The van der Waals surface area contributed by atoms with E-state index in [0.29, 0.717) is 0 Å². The molecule has 0 atom stereocenters. The molecule has 0 fully saturated rings. The lowest BCUT2D eigenvalue weighted by atomic mass is 10.0. The molecule has 0 aliphatic carbocycles. The lowest BCUT2D eigenvalue weighted by Gasteiger charge is -2.11. The third-order valence-corrected chi connectivity index (χ3v) is 3.20. The second-order valence-corrected chi connectivity index (χ2v) is 4.43. The van der Waals surface area contributed by atoms with Gasteiger partial charge in [-0.3, -0.25) is 0 Å². The molecule has 2 aromatic carbocycles. The number of nitrogens with zero attached hydrogens (tertiary/aromatic N) is 1. The van der Waals surface area contributed by atoms with Crippen LogP contribution in [0.2, 0.25) is 5.02 Å². The molecular formula is C14H10ClF2NO3. The highest BCUT2D eigenvalue weighted by molar-refractivity contribution is 6.34. The molecule has 21 heavy (non-hydrogen) atoms. The highest BCUT2D eigenvalue weighted by atomic mass is 35.5. The molecule has 110 valence electrons. The van der Waals surface area contributed by atoms with Crippen molar-refractivity contribution in [2.24, 2.45) is 5.16 Å². The first-order valence-electron chi connectivity index (χ1n) is 5.73. The van der Waals surface area contributed by atoms with E-state index in [4.69, 9.17) is 21.5 Å². The Hall–Kier alpha value is -2.34. The van der Waals surface area contributed by atoms with E-state index in [-0.39, 0.29) is 27.6 Å². The third-order valence-electron chi connectivity index (χ3n) is 2.84. The van der Waals surface area contributed by atoms with Gasteiger partial charge in [0.25, 0.3) is 0 Å². The second-order valence-electron chi connectivity index (χ2n) is 4.05. The summed E-state index contributed by atoms with van der Waals surface area (Å²) in [5.41, 5.74) is -0.726. The van der Waals surface area contributed by atoms with Gasteiger partial charge in [-0.05, 0) is 30.3 Å². The van der Waals surface area contributed by atoms with Crippen LogP contribution in [0.1, 0.15) is 11.1 Å².